The molecule has 0 saturated heterocycles. The first-order chi connectivity index (χ1) is 7.78. The van der Waals surface area contributed by atoms with E-state index in [-0.39, 0.29) is 0 Å². The van der Waals surface area contributed by atoms with E-state index in [0.717, 1.165) is 0 Å². The monoisotopic (exact) mass is 218 g/mol. The van der Waals surface area contributed by atoms with Crippen LogP contribution in [0.3, 0.4) is 0 Å². The molecule has 1 saturated carbocycles. The lowest BCUT2D eigenvalue weighted by atomic mass is 9.52. The Hall–Kier alpha value is -0.890. The highest BCUT2D eigenvalue weighted by atomic mass is 14.9. The predicted molar refractivity (Wildman–Crippen MR) is 67.5 cm³/mol. The third-order valence-electron chi connectivity index (χ3n) is 4.57. The maximum atomic E-state index is 4.53. The van der Waals surface area contributed by atoms with Crippen molar-refractivity contribution in [3.63, 3.8) is 0 Å². The number of hydrogen-bond donors (Lipinski definition) is 1. The van der Waals surface area contributed by atoms with Gasteiger partial charge in [0.25, 0.3) is 0 Å². The number of aromatic nitrogens is 1. The van der Waals surface area contributed by atoms with Crippen molar-refractivity contribution in [2.24, 2.45) is 5.41 Å². The zero-order chi connectivity index (χ0) is 11.6. The van der Waals surface area contributed by atoms with Crippen molar-refractivity contribution in [3.8, 4) is 0 Å². The van der Waals surface area contributed by atoms with Crippen molar-refractivity contribution in [2.75, 3.05) is 7.05 Å². The van der Waals surface area contributed by atoms with Crippen LogP contribution in [0.1, 0.15) is 44.7 Å². The number of nitrogens with zero attached hydrogens (tertiary/aromatic N) is 1. The fraction of sp³-hybridized carbons (Fsp3) is 0.643. The molecule has 1 N–H and O–H groups in total. The van der Waals surface area contributed by atoms with Gasteiger partial charge in [-0.05, 0) is 43.9 Å². The molecule has 88 valence electrons. The Labute approximate surface area is 98.5 Å². The first-order valence-corrected chi connectivity index (χ1v) is 6.36. The smallest absolute Gasteiger partial charge is 0.0441 e. The summed E-state index contributed by atoms with van der Waals surface area (Å²) in [6.45, 7) is 4.62. The van der Waals surface area contributed by atoms with Gasteiger partial charge in [-0.2, -0.15) is 0 Å². The third-order valence-corrected chi connectivity index (χ3v) is 4.57. The van der Waals surface area contributed by atoms with Gasteiger partial charge in [-0.25, -0.2) is 0 Å². The Morgan fingerprint density at radius 3 is 2.62 bits per heavy atom. The minimum absolute atomic E-state index is 0.420. The van der Waals surface area contributed by atoms with Gasteiger partial charge in [0.1, 0.15) is 0 Å². The molecule has 2 nitrogen and oxygen atoms in total. The minimum Gasteiger partial charge on any atom is -0.316 e. The van der Waals surface area contributed by atoms with Crippen LogP contribution in [-0.2, 0) is 0 Å². The molecule has 16 heavy (non-hydrogen) atoms. The summed E-state index contributed by atoms with van der Waals surface area (Å²) in [6, 6.07) is 6.94. The lowest BCUT2D eigenvalue weighted by Crippen LogP contribution is -2.57. The van der Waals surface area contributed by atoms with Crippen LogP contribution < -0.4 is 5.32 Å². The van der Waals surface area contributed by atoms with E-state index in [1.807, 2.05) is 12.3 Å². The van der Waals surface area contributed by atoms with Gasteiger partial charge >= 0.3 is 0 Å². The highest BCUT2D eigenvalue weighted by Gasteiger charge is 2.52. The average molecular weight is 218 g/mol. The van der Waals surface area contributed by atoms with Crippen molar-refractivity contribution < 1.29 is 0 Å². The SMILES string of the molecule is CCC1(CC)C(NC)CC1c1ccccn1. The van der Waals surface area contributed by atoms with Gasteiger partial charge < -0.3 is 5.32 Å². The molecule has 2 atom stereocenters. The number of hydrogen-bond acceptors (Lipinski definition) is 2. The van der Waals surface area contributed by atoms with Crippen LogP contribution in [0.25, 0.3) is 0 Å². The van der Waals surface area contributed by atoms with Crippen LogP contribution in [-0.4, -0.2) is 18.1 Å². The van der Waals surface area contributed by atoms with Crippen molar-refractivity contribution in [3.05, 3.63) is 30.1 Å². The van der Waals surface area contributed by atoms with Crippen LogP contribution in [0, 0.1) is 5.41 Å². The Kier molecular flexibility index (Phi) is 3.29. The molecular formula is C14H22N2. The van der Waals surface area contributed by atoms with Crippen molar-refractivity contribution in [1.29, 1.82) is 0 Å². The molecule has 0 bridgehead atoms. The summed E-state index contributed by atoms with van der Waals surface area (Å²) >= 11 is 0. The molecule has 1 aromatic rings. The fourth-order valence-corrected chi connectivity index (χ4v) is 3.43. The molecule has 2 rings (SSSR count). The molecule has 1 aliphatic rings. The number of nitrogens with one attached hydrogen (secondary N) is 1. The van der Waals surface area contributed by atoms with E-state index in [2.05, 4.69) is 43.3 Å². The summed E-state index contributed by atoms with van der Waals surface area (Å²) < 4.78 is 0. The summed E-state index contributed by atoms with van der Waals surface area (Å²) in [4.78, 5) is 4.53. The van der Waals surface area contributed by atoms with Crippen LogP contribution in [0.15, 0.2) is 24.4 Å². The summed E-state index contributed by atoms with van der Waals surface area (Å²) in [5.41, 5.74) is 1.70. The molecule has 2 unspecified atom stereocenters. The topological polar surface area (TPSA) is 24.9 Å². The predicted octanol–water partition coefficient (Wildman–Crippen LogP) is 2.96. The van der Waals surface area contributed by atoms with Crippen molar-refractivity contribution in [2.45, 2.75) is 45.1 Å². The average Bonchev–Trinajstić information content (AvgIpc) is 2.32. The first-order valence-electron chi connectivity index (χ1n) is 6.36. The maximum absolute atomic E-state index is 4.53. The molecule has 1 fully saturated rings. The van der Waals surface area contributed by atoms with Gasteiger partial charge in [0.2, 0.25) is 0 Å². The lowest BCUT2D eigenvalue weighted by Gasteiger charge is -2.55. The number of rotatable bonds is 4. The van der Waals surface area contributed by atoms with E-state index < -0.39 is 0 Å². The van der Waals surface area contributed by atoms with Crippen molar-refractivity contribution in [1.82, 2.24) is 10.3 Å². The molecule has 0 spiro atoms. The summed E-state index contributed by atoms with van der Waals surface area (Å²) in [5.74, 6) is 0.640. The summed E-state index contributed by atoms with van der Waals surface area (Å²) in [6.07, 6.45) is 5.61. The van der Waals surface area contributed by atoms with E-state index in [1.165, 1.54) is 25.0 Å². The fourth-order valence-electron chi connectivity index (χ4n) is 3.43. The van der Waals surface area contributed by atoms with Gasteiger partial charge in [-0.1, -0.05) is 19.9 Å². The van der Waals surface area contributed by atoms with Crippen molar-refractivity contribution >= 4 is 0 Å². The van der Waals surface area contributed by atoms with Gasteiger partial charge in [-0.3, -0.25) is 4.98 Å². The summed E-state index contributed by atoms with van der Waals surface area (Å²) in [7, 11) is 2.08. The normalized spacial score (nSPS) is 27.4. The standard InChI is InChI=1S/C14H22N2/c1-4-14(5-2)11(10-13(14)15-3)12-8-6-7-9-16-12/h6-9,11,13,15H,4-5,10H2,1-3H3. The van der Waals surface area contributed by atoms with Crippen LogP contribution in [0.4, 0.5) is 0 Å². The molecular weight excluding hydrogens is 196 g/mol. The van der Waals surface area contributed by atoms with Crippen LogP contribution in [0.5, 0.6) is 0 Å². The second-order valence-electron chi connectivity index (χ2n) is 4.82. The van der Waals surface area contributed by atoms with Crippen LogP contribution >= 0.6 is 0 Å². The van der Waals surface area contributed by atoms with Gasteiger partial charge in [-0.15, -0.1) is 0 Å². The molecule has 1 aliphatic carbocycles. The molecule has 0 aliphatic heterocycles. The van der Waals surface area contributed by atoms with E-state index in [1.54, 1.807) is 0 Å². The van der Waals surface area contributed by atoms with E-state index in [4.69, 9.17) is 0 Å². The Bertz CT molecular complexity index is 330. The molecule has 0 amide bonds. The Morgan fingerprint density at radius 1 is 1.38 bits per heavy atom. The van der Waals surface area contributed by atoms with E-state index >= 15 is 0 Å². The second-order valence-corrected chi connectivity index (χ2v) is 4.82. The second kappa shape index (κ2) is 4.54. The van der Waals surface area contributed by atoms with Gasteiger partial charge in [0, 0.05) is 23.9 Å². The highest BCUT2D eigenvalue weighted by Crippen LogP contribution is 2.56. The summed E-state index contributed by atoms with van der Waals surface area (Å²) in [5, 5.41) is 3.47. The Morgan fingerprint density at radius 2 is 2.12 bits per heavy atom. The molecule has 1 heterocycles. The minimum atomic E-state index is 0.420. The van der Waals surface area contributed by atoms with E-state index in [0.29, 0.717) is 17.4 Å². The first kappa shape index (κ1) is 11.6. The molecule has 0 radical (unpaired) electrons. The van der Waals surface area contributed by atoms with E-state index in [9.17, 15) is 0 Å². The molecule has 1 aromatic heterocycles. The zero-order valence-corrected chi connectivity index (χ0v) is 10.5. The quantitative estimate of drug-likeness (QED) is 0.840. The largest absolute Gasteiger partial charge is 0.316 e. The molecule has 0 aromatic carbocycles. The van der Waals surface area contributed by atoms with Gasteiger partial charge in [0.05, 0.1) is 0 Å². The Balaban J connectivity index is 2.25. The number of pyridine rings is 1. The highest BCUT2D eigenvalue weighted by molar-refractivity contribution is 5.22. The maximum Gasteiger partial charge on any atom is 0.0441 e. The third kappa shape index (κ3) is 1.56. The lowest BCUT2D eigenvalue weighted by molar-refractivity contribution is 0.0223. The van der Waals surface area contributed by atoms with Gasteiger partial charge in [0.15, 0.2) is 0 Å². The zero-order valence-electron chi connectivity index (χ0n) is 10.5. The van der Waals surface area contributed by atoms with Crippen LogP contribution in [0.2, 0.25) is 0 Å². The molecule has 2 heteroatoms.